The Bertz CT molecular complexity index is 1120. The zero-order valence-corrected chi connectivity index (χ0v) is 15.9. The van der Waals surface area contributed by atoms with Gasteiger partial charge in [-0.3, -0.25) is 14.4 Å². The number of hydrogen-bond donors (Lipinski definition) is 2. The van der Waals surface area contributed by atoms with Gasteiger partial charge in [-0.2, -0.15) is 5.10 Å². The van der Waals surface area contributed by atoms with Crippen molar-refractivity contribution in [3.05, 3.63) is 87.6 Å². The molecule has 0 saturated heterocycles. The summed E-state index contributed by atoms with van der Waals surface area (Å²) in [6.07, 6.45) is 0. The van der Waals surface area contributed by atoms with Crippen LogP contribution >= 0.6 is 0 Å². The molecular formula is C21H19FN4O3. The molecule has 2 N–H and O–H groups in total. The van der Waals surface area contributed by atoms with Crippen LogP contribution in [0.15, 0.2) is 59.4 Å². The molecule has 3 aromatic rings. The van der Waals surface area contributed by atoms with Crippen molar-refractivity contribution >= 4 is 17.5 Å². The fourth-order valence-electron chi connectivity index (χ4n) is 2.75. The summed E-state index contributed by atoms with van der Waals surface area (Å²) in [6, 6.07) is 14.1. The first kappa shape index (κ1) is 19.9. The van der Waals surface area contributed by atoms with Crippen molar-refractivity contribution in [3.63, 3.8) is 0 Å². The number of benzene rings is 2. The van der Waals surface area contributed by atoms with Gasteiger partial charge in [0.25, 0.3) is 5.91 Å². The lowest BCUT2D eigenvalue weighted by atomic mass is 10.2. The number of nitrogens with one attached hydrogen (secondary N) is 2. The SMILES string of the molecule is CC(=O)Nc1ccc(CNC(=O)c2nn(-c3ccccc3F)c(C)cc2=O)cc1. The summed E-state index contributed by atoms with van der Waals surface area (Å²) in [6.45, 7) is 3.18. The van der Waals surface area contributed by atoms with Gasteiger partial charge in [0.15, 0.2) is 5.69 Å². The first-order valence-corrected chi connectivity index (χ1v) is 8.86. The molecule has 2 amide bonds. The van der Waals surface area contributed by atoms with Crippen molar-refractivity contribution in [1.29, 1.82) is 0 Å². The van der Waals surface area contributed by atoms with E-state index >= 15 is 0 Å². The number of rotatable bonds is 5. The molecule has 1 heterocycles. The standard InChI is InChI=1S/C21H19FN4O3/c1-13-11-19(28)20(25-26(13)18-6-4-3-5-17(18)22)21(29)23-12-15-7-9-16(10-8-15)24-14(2)27/h3-11H,12H2,1-2H3,(H,23,29)(H,24,27). The van der Waals surface area contributed by atoms with Crippen LogP contribution in [0.25, 0.3) is 5.69 Å². The summed E-state index contributed by atoms with van der Waals surface area (Å²) >= 11 is 0. The van der Waals surface area contributed by atoms with Crippen molar-refractivity contribution in [1.82, 2.24) is 15.1 Å². The van der Waals surface area contributed by atoms with Gasteiger partial charge >= 0.3 is 0 Å². The first-order chi connectivity index (χ1) is 13.8. The third kappa shape index (κ3) is 4.73. The highest BCUT2D eigenvalue weighted by molar-refractivity contribution is 5.92. The third-order valence-corrected chi connectivity index (χ3v) is 4.13. The molecule has 29 heavy (non-hydrogen) atoms. The minimum absolute atomic E-state index is 0.146. The quantitative estimate of drug-likeness (QED) is 0.696. The van der Waals surface area contributed by atoms with Gasteiger partial charge in [-0.25, -0.2) is 9.07 Å². The molecule has 3 rings (SSSR count). The molecule has 148 valence electrons. The molecule has 8 heteroatoms. The molecule has 0 spiro atoms. The number of amides is 2. The second-order valence-corrected chi connectivity index (χ2v) is 6.42. The van der Waals surface area contributed by atoms with Gasteiger partial charge in [0.05, 0.1) is 0 Å². The topological polar surface area (TPSA) is 93.1 Å². The van der Waals surface area contributed by atoms with Crippen molar-refractivity contribution in [2.45, 2.75) is 20.4 Å². The molecule has 0 aliphatic rings. The van der Waals surface area contributed by atoms with Gasteiger partial charge in [-0.05, 0) is 36.8 Å². The second kappa shape index (κ2) is 8.47. The molecule has 2 aromatic carbocycles. The number of para-hydroxylation sites is 1. The molecule has 1 aromatic heterocycles. The Hall–Kier alpha value is -3.81. The average molecular weight is 394 g/mol. The van der Waals surface area contributed by atoms with Gasteiger partial charge in [0, 0.05) is 30.9 Å². The van der Waals surface area contributed by atoms with Crippen molar-refractivity contribution in [2.24, 2.45) is 0 Å². The predicted molar refractivity (Wildman–Crippen MR) is 106 cm³/mol. The monoisotopic (exact) mass is 394 g/mol. The van der Waals surface area contributed by atoms with Gasteiger partial charge in [0.2, 0.25) is 11.3 Å². The van der Waals surface area contributed by atoms with Crippen LogP contribution in [0.4, 0.5) is 10.1 Å². The van der Waals surface area contributed by atoms with Gasteiger partial charge in [-0.15, -0.1) is 0 Å². The Morgan fingerprint density at radius 1 is 1.10 bits per heavy atom. The highest BCUT2D eigenvalue weighted by atomic mass is 19.1. The number of anilines is 1. The summed E-state index contributed by atoms with van der Waals surface area (Å²) < 4.78 is 15.3. The van der Waals surface area contributed by atoms with Crippen LogP contribution in [0.2, 0.25) is 0 Å². The maximum absolute atomic E-state index is 14.1. The Balaban J connectivity index is 1.79. The van der Waals surface area contributed by atoms with E-state index in [9.17, 15) is 18.8 Å². The van der Waals surface area contributed by atoms with E-state index < -0.39 is 17.2 Å². The van der Waals surface area contributed by atoms with Crippen LogP contribution in [-0.2, 0) is 11.3 Å². The molecule has 0 fully saturated rings. The maximum atomic E-state index is 14.1. The van der Waals surface area contributed by atoms with Crippen LogP contribution < -0.4 is 16.1 Å². The summed E-state index contributed by atoms with van der Waals surface area (Å²) in [5, 5.41) is 9.35. The van der Waals surface area contributed by atoms with E-state index in [1.807, 2.05) is 0 Å². The van der Waals surface area contributed by atoms with E-state index in [0.717, 1.165) is 5.56 Å². The minimum Gasteiger partial charge on any atom is -0.346 e. The molecule has 7 nitrogen and oxygen atoms in total. The number of nitrogens with zero attached hydrogens (tertiary/aromatic N) is 2. The van der Waals surface area contributed by atoms with Crippen LogP contribution in [0, 0.1) is 12.7 Å². The van der Waals surface area contributed by atoms with E-state index in [1.54, 1.807) is 43.3 Å². The summed E-state index contributed by atoms with van der Waals surface area (Å²) in [4.78, 5) is 35.8. The second-order valence-electron chi connectivity index (χ2n) is 6.42. The smallest absolute Gasteiger partial charge is 0.276 e. The fourth-order valence-corrected chi connectivity index (χ4v) is 2.75. The number of carbonyl (C=O) groups excluding carboxylic acids is 2. The zero-order chi connectivity index (χ0) is 21.0. The minimum atomic E-state index is -0.661. The van der Waals surface area contributed by atoms with E-state index in [2.05, 4.69) is 15.7 Å². The molecule has 0 aliphatic heterocycles. The van der Waals surface area contributed by atoms with Gasteiger partial charge in [0.1, 0.15) is 11.5 Å². The Morgan fingerprint density at radius 3 is 2.45 bits per heavy atom. The van der Waals surface area contributed by atoms with E-state index in [1.165, 1.54) is 29.8 Å². The molecule has 0 unspecified atom stereocenters. The normalized spacial score (nSPS) is 10.4. The largest absolute Gasteiger partial charge is 0.346 e. The number of carbonyl (C=O) groups is 2. The lowest BCUT2D eigenvalue weighted by Gasteiger charge is -2.12. The Labute approximate surface area is 166 Å². The van der Waals surface area contributed by atoms with Crippen molar-refractivity contribution in [3.8, 4) is 5.69 Å². The van der Waals surface area contributed by atoms with Crippen molar-refractivity contribution in [2.75, 3.05) is 5.32 Å². The summed E-state index contributed by atoms with van der Waals surface area (Å²) in [7, 11) is 0. The molecule has 0 aliphatic carbocycles. The van der Waals surface area contributed by atoms with Gasteiger partial charge < -0.3 is 10.6 Å². The number of hydrogen-bond acceptors (Lipinski definition) is 4. The van der Waals surface area contributed by atoms with Crippen LogP contribution in [0.5, 0.6) is 0 Å². The lowest BCUT2D eigenvalue weighted by Crippen LogP contribution is -2.31. The Kier molecular flexibility index (Phi) is 5.82. The molecule has 0 saturated carbocycles. The third-order valence-electron chi connectivity index (χ3n) is 4.13. The Morgan fingerprint density at radius 2 is 1.79 bits per heavy atom. The maximum Gasteiger partial charge on any atom is 0.276 e. The summed E-state index contributed by atoms with van der Waals surface area (Å²) in [5.41, 5.74) is 1.09. The van der Waals surface area contributed by atoms with Crippen LogP contribution in [-0.4, -0.2) is 21.6 Å². The molecule has 0 radical (unpaired) electrons. The van der Waals surface area contributed by atoms with E-state index in [-0.39, 0.29) is 23.8 Å². The van der Waals surface area contributed by atoms with E-state index in [4.69, 9.17) is 0 Å². The lowest BCUT2D eigenvalue weighted by molar-refractivity contribution is -0.114. The number of aromatic nitrogens is 2. The van der Waals surface area contributed by atoms with Gasteiger partial charge in [-0.1, -0.05) is 24.3 Å². The average Bonchev–Trinajstić information content (AvgIpc) is 2.68. The molecule has 0 bridgehead atoms. The molecule has 0 atom stereocenters. The molecular weight excluding hydrogens is 375 g/mol. The summed E-state index contributed by atoms with van der Waals surface area (Å²) in [5.74, 6) is -1.36. The predicted octanol–water partition coefficient (Wildman–Crippen LogP) is 2.57. The van der Waals surface area contributed by atoms with E-state index in [0.29, 0.717) is 11.4 Å². The zero-order valence-electron chi connectivity index (χ0n) is 15.9. The fraction of sp³-hybridized carbons (Fsp3) is 0.143. The van der Waals surface area contributed by atoms with Crippen LogP contribution in [0.3, 0.4) is 0 Å². The first-order valence-electron chi connectivity index (χ1n) is 8.86. The number of halogens is 1. The highest BCUT2D eigenvalue weighted by Gasteiger charge is 2.16. The number of aryl methyl sites for hydroxylation is 1. The van der Waals surface area contributed by atoms with Crippen molar-refractivity contribution < 1.29 is 14.0 Å². The highest BCUT2D eigenvalue weighted by Crippen LogP contribution is 2.13. The van der Waals surface area contributed by atoms with Crippen LogP contribution in [0.1, 0.15) is 28.7 Å².